The molecule has 1 saturated heterocycles. The molecule has 2 atom stereocenters. The fraction of sp³-hybridized carbons (Fsp3) is 0.464. The van der Waals surface area contributed by atoms with Crippen LogP contribution in [0.25, 0.3) is 10.9 Å². The second kappa shape index (κ2) is 9.47. The van der Waals surface area contributed by atoms with Gasteiger partial charge in [-0.05, 0) is 51.0 Å². The van der Waals surface area contributed by atoms with Gasteiger partial charge in [0.1, 0.15) is 24.2 Å². The fourth-order valence-electron chi connectivity index (χ4n) is 5.46. The number of hydrogen-bond acceptors (Lipinski definition) is 3. The maximum absolute atomic E-state index is 15.6. The van der Waals surface area contributed by atoms with Crippen molar-refractivity contribution in [3.8, 4) is 5.75 Å². The van der Waals surface area contributed by atoms with Crippen LogP contribution in [0.1, 0.15) is 43.6 Å². The van der Waals surface area contributed by atoms with E-state index in [9.17, 15) is 13.6 Å². The molecule has 5 nitrogen and oxygen atoms in total. The molecule has 3 heterocycles. The van der Waals surface area contributed by atoms with Crippen molar-refractivity contribution in [1.29, 1.82) is 0 Å². The fourth-order valence-corrected chi connectivity index (χ4v) is 5.46. The van der Waals surface area contributed by atoms with Gasteiger partial charge in [-0.15, -0.1) is 0 Å². The van der Waals surface area contributed by atoms with Crippen molar-refractivity contribution < 1.29 is 22.7 Å². The molecule has 0 bridgehead atoms. The maximum Gasteiger partial charge on any atom is 0.260 e. The first kappa shape index (κ1) is 24.7. The van der Waals surface area contributed by atoms with Crippen molar-refractivity contribution in [3.05, 3.63) is 65.1 Å². The number of aromatic nitrogens is 1. The Bertz CT molecular complexity index is 1260. The summed E-state index contributed by atoms with van der Waals surface area (Å²) in [5.74, 6) is -0.713. The lowest BCUT2D eigenvalue weighted by Crippen LogP contribution is -2.52. The number of para-hydroxylation sites is 1. The molecule has 8 heteroatoms. The van der Waals surface area contributed by atoms with Crippen LogP contribution in [0.4, 0.5) is 13.2 Å². The number of nitrogens with zero attached hydrogens (tertiary/aromatic N) is 2. The van der Waals surface area contributed by atoms with Gasteiger partial charge in [0.05, 0.1) is 6.67 Å². The van der Waals surface area contributed by atoms with Gasteiger partial charge in [-0.25, -0.2) is 8.78 Å². The molecule has 1 fully saturated rings. The number of amides is 1. The topological polar surface area (TPSA) is 48.6 Å². The molecule has 0 spiro atoms. The predicted molar refractivity (Wildman–Crippen MR) is 133 cm³/mol. The first-order chi connectivity index (χ1) is 17.2. The Balaban J connectivity index is 1.46. The molecule has 1 N–H and O–H groups in total. The van der Waals surface area contributed by atoms with Gasteiger partial charge in [-0.2, -0.15) is 0 Å². The summed E-state index contributed by atoms with van der Waals surface area (Å²) in [5, 5.41) is 1.03. The van der Waals surface area contributed by atoms with Crippen LogP contribution >= 0.6 is 0 Å². The van der Waals surface area contributed by atoms with E-state index < -0.39 is 23.4 Å². The number of nitrogens with one attached hydrogen (secondary N) is 1. The Morgan fingerprint density at radius 2 is 1.94 bits per heavy atom. The van der Waals surface area contributed by atoms with Crippen molar-refractivity contribution in [1.82, 2.24) is 14.8 Å². The molecule has 0 saturated carbocycles. The number of ether oxygens (including phenoxy) is 1. The normalized spacial score (nSPS) is 20.9. The molecule has 1 amide bonds. The zero-order chi connectivity index (χ0) is 25.6. The van der Waals surface area contributed by atoms with Crippen LogP contribution in [0.2, 0.25) is 0 Å². The minimum absolute atomic E-state index is 0.106. The number of rotatable bonds is 7. The molecule has 2 aliphatic heterocycles. The van der Waals surface area contributed by atoms with Crippen LogP contribution in [-0.4, -0.2) is 65.3 Å². The van der Waals surface area contributed by atoms with Crippen molar-refractivity contribution in [2.75, 3.05) is 32.9 Å². The van der Waals surface area contributed by atoms with Crippen LogP contribution in [-0.2, 0) is 11.2 Å². The average molecular weight is 500 g/mol. The lowest BCUT2D eigenvalue weighted by molar-refractivity contribution is -0.146. The standard InChI is InChI=1S/C28H32F3N3O2/c1-17-12-22-20-6-4-5-7-24(20)32-25(22)26(34(17)27(35)28(2,3)31)21-9-8-19(13-23(21)30)36-11-10-33-15-18(14-29)16-33/h4-9,13,17-18,26,32H,10-12,14-16H2,1-3H3/t17-,26+/m1/s1. The first-order valence-electron chi connectivity index (χ1n) is 12.5. The van der Waals surface area contributed by atoms with Crippen LogP contribution in [0.3, 0.4) is 0 Å². The highest BCUT2D eigenvalue weighted by Crippen LogP contribution is 2.43. The van der Waals surface area contributed by atoms with Gasteiger partial charge in [0.2, 0.25) is 0 Å². The van der Waals surface area contributed by atoms with E-state index in [0.29, 0.717) is 44.1 Å². The molecule has 2 aromatic carbocycles. The molecule has 3 aromatic rings. The lowest BCUT2D eigenvalue weighted by Gasteiger charge is -2.42. The zero-order valence-electron chi connectivity index (χ0n) is 20.9. The average Bonchev–Trinajstić information content (AvgIpc) is 3.17. The number of benzene rings is 2. The number of fused-ring (bicyclic) bond motifs is 3. The number of carbonyl (C=O) groups excluding carboxylic acids is 1. The monoisotopic (exact) mass is 499 g/mol. The van der Waals surface area contributed by atoms with Gasteiger partial charge in [0, 0.05) is 59.8 Å². The third-order valence-electron chi connectivity index (χ3n) is 7.31. The molecule has 2 aliphatic rings. The summed E-state index contributed by atoms with van der Waals surface area (Å²) in [6.07, 6.45) is 0.542. The summed E-state index contributed by atoms with van der Waals surface area (Å²) < 4.78 is 48.9. The zero-order valence-corrected chi connectivity index (χ0v) is 20.9. The van der Waals surface area contributed by atoms with Crippen LogP contribution in [0.15, 0.2) is 42.5 Å². The summed E-state index contributed by atoms with van der Waals surface area (Å²) in [6, 6.07) is 11.3. The lowest BCUT2D eigenvalue weighted by atomic mass is 9.87. The molecule has 0 radical (unpaired) electrons. The van der Waals surface area contributed by atoms with Crippen LogP contribution in [0, 0.1) is 11.7 Å². The van der Waals surface area contributed by atoms with E-state index in [4.69, 9.17) is 4.74 Å². The highest BCUT2D eigenvalue weighted by molar-refractivity contribution is 5.89. The Morgan fingerprint density at radius 1 is 1.19 bits per heavy atom. The number of alkyl halides is 2. The third kappa shape index (κ3) is 4.47. The summed E-state index contributed by atoms with van der Waals surface area (Å²) >= 11 is 0. The van der Waals surface area contributed by atoms with Crippen LogP contribution in [0.5, 0.6) is 5.75 Å². The third-order valence-corrected chi connectivity index (χ3v) is 7.31. The smallest absolute Gasteiger partial charge is 0.260 e. The Labute approximate surface area is 209 Å². The van der Waals surface area contributed by atoms with Gasteiger partial charge in [-0.1, -0.05) is 18.2 Å². The largest absolute Gasteiger partial charge is 0.492 e. The molecule has 36 heavy (non-hydrogen) atoms. The van der Waals surface area contributed by atoms with Crippen molar-refractivity contribution in [3.63, 3.8) is 0 Å². The highest BCUT2D eigenvalue weighted by atomic mass is 19.1. The molecule has 192 valence electrons. The number of likely N-dealkylation sites (tertiary alicyclic amines) is 1. The molecule has 1 aromatic heterocycles. The molecule has 5 rings (SSSR count). The molecular formula is C28H32F3N3O2. The quantitative estimate of drug-likeness (QED) is 0.486. The van der Waals surface area contributed by atoms with Gasteiger partial charge in [0.15, 0.2) is 5.67 Å². The summed E-state index contributed by atoms with van der Waals surface area (Å²) in [5.41, 5.74) is 0.806. The second-order valence-corrected chi connectivity index (χ2v) is 10.5. The number of aromatic amines is 1. The molecule has 0 aliphatic carbocycles. The molecule has 0 unspecified atom stereocenters. The molecular weight excluding hydrogens is 467 g/mol. The predicted octanol–water partition coefficient (Wildman–Crippen LogP) is 5.20. The van der Waals surface area contributed by atoms with E-state index in [2.05, 4.69) is 9.88 Å². The van der Waals surface area contributed by atoms with Gasteiger partial charge < -0.3 is 14.6 Å². The highest BCUT2D eigenvalue weighted by Gasteiger charge is 2.44. The van der Waals surface area contributed by atoms with E-state index in [1.807, 2.05) is 31.2 Å². The van der Waals surface area contributed by atoms with Crippen LogP contribution < -0.4 is 4.74 Å². The number of halogens is 3. The van der Waals surface area contributed by atoms with Gasteiger partial charge in [0.25, 0.3) is 5.91 Å². The number of hydrogen-bond donors (Lipinski definition) is 1. The Hall–Kier alpha value is -3.00. The van der Waals surface area contributed by atoms with Gasteiger partial charge >= 0.3 is 0 Å². The first-order valence-corrected chi connectivity index (χ1v) is 12.5. The Morgan fingerprint density at radius 3 is 2.64 bits per heavy atom. The van der Waals surface area contributed by atoms with E-state index in [-0.39, 0.29) is 24.2 Å². The van der Waals surface area contributed by atoms with E-state index in [1.165, 1.54) is 24.8 Å². The minimum atomic E-state index is -2.10. The maximum atomic E-state index is 15.6. The summed E-state index contributed by atoms with van der Waals surface area (Å²) in [7, 11) is 0. The number of carbonyl (C=O) groups is 1. The van der Waals surface area contributed by atoms with Crippen molar-refractivity contribution >= 4 is 16.8 Å². The van der Waals surface area contributed by atoms with E-state index >= 15 is 4.39 Å². The van der Waals surface area contributed by atoms with E-state index in [1.54, 1.807) is 12.1 Å². The van der Waals surface area contributed by atoms with Crippen molar-refractivity contribution in [2.24, 2.45) is 5.92 Å². The SMILES string of the molecule is C[C@@H]1Cc2c([nH]c3ccccc23)[C@H](c2ccc(OCCN3CC(CF)C3)cc2F)N1C(=O)C(C)(C)F. The number of H-pyrrole nitrogens is 1. The van der Waals surface area contributed by atoms with Gasteiger partial charge in [-0.3, -0.25) is 14.1 Å². The summed E-state index contributed by atoms with van der Waals surface area (Å²) in [6.45, 7) is 6.49. The van der Waals surface area contributed by atoms with Crippen molar-refractivity contribution in [2.45, 2.75) is 44.9 Å². The summed E-state index contributed by atoms with van der Waals surface area (Å²) in [4.78, 5) is 20.2. The Kier molecular flexibility index (Phi) is 6.49. The minimum Gasteiger partial charge on any atom is -0.492 e. The second-order valence-electron chi connectivity index (χ2n) is 10.5. The van der Waals surface area contributed by atoms with E-state index in [0.717, 1.165) is 16.5 Å².